The fourth-order valence-corrected chi connectivity index (χ4v) is 7.82. The lowest BCUT2D eigenvalue weighted by molar-refractivity contribution is -0.696. The van der Waals surface area contributed by atoms with Gasteiger partial charge in [0.05, 0.1) is 6.61 Å². The van der Waals surface area contributed by atoms with Crippen LogP contribution in [0.15, 0.2) is 83.4 Å². The van der Waals surface area contributed by atoms with Gasteiger partial charge in [-0.05, 0) is 51.6 Å². The topological polar surface area (TPSA) is 210 Å². The number of halogens is 1. The molecule has 2 aliphatic heterocycles. The van der Waals surface area contributed by atoms with E-state index in [0.717, 1.165) is 30.3 Å². The van der Waals surface area contributed by atoms with Crippen molar-refractivity contribution >= 4 is 46.3 Å². The molecule has 4 aromatic rings. The molecule has 1 fully saturated rings. The molecule has 59 heavy (non-hydrogen) atoms. The third-order valence-corrected chi connectivity index (χ3v) is 11.2. The van der Waals surface area contributed by atoms with Crippen molar-refractivity contribution in [3.05, 3.63) is 83.8 Å². The van der Waals surface area contributed by atoms with Crippen LogP contribution >= 0.6 is 11.8 Å². The first kappa shape index (κ1) is 46.8. The number of aliphatic carboxylic acids is 2. The Balaban J connectivity index is 0.000000287. The van der Waals surface area contributed by atoms with Gasteiger partial charge in [0.2, 0.25) is 11.1 Å². The number of amides is 2. The van der Waals surface area contributed by atoms with Gasteiger partial charge in [0.15, 0.2) is 24.5 Å². The second-order valence-corrected chi connectivity index (χ2v) is 15.2. The fourth-order valence-electron chi connectivity index (χ4n) is 6.98. The van der Waals surface area contributed by atoms with E-state index in [1.807, 2.05) is 0 Å². The van der Waals surface area contributed by atoms with Crippen molar-refractivity contribution in [2.45, 2.75) is 101 Å². The first-order valence-electron chi connectivity index (χ1n) is 19.5. The SMILES string of the molecule is CCCCCCCCCCCC[n+]1ccc2ccccc2c1.CO[C@@]1(NC(=O)C(C(=O)O)c2ccc(O)cc2)C(=O)N2C(C(=O)O)=C(CSc3nnnn3C)CO[C@@H]21.[Br-]. The van der Waals surface area contributed by atoms with Crippen LogP contribution in [0, 0.1) is 0 Å². The van der Waals surface area contributed by atoms with Crippen LogP contribution in [-0.4, -0.2) is 95.6 Å². The fraction of sp³-hybridized carbons (Fsp3) is 0.463. The van der Waals surface area contributed by atoms with Crippen LogP contribution in [0.5, 0.6) is 5.75 Å². The van der Waals surface area contributed by atoms with Crippen molar-refractivity contribution in [3.8, 4) is 5.75 Å². The van der Waals surface area contributed by atoms with Gasteiger partial charge in [-0.15, -0.1) is 5.10 Å². The van der Waals surface area contributed by atoms with Crippen LogP contribution in [0.25, 0.3) is 10.8 Å². The summed E-state index contributed by atoms with van der Waals surface area (Å²) in [5.74, 6) is -6.73. The Morgan fingerprint density at radius 1 is 0.983 bits per heavy atom. The second-order valence-electron chi connectivity index (χ2n) is 14.3. The van der Waals surface area contributed by atoms with E-state index >= 15 is 0 Å². The van der Waals surface area contributed by atoms with Crippen molar-refractivity contribution < 1.29 is 65.5 Å². The molecule has 0 spiro atoms. The normalized spacial score (nSPS) is 17.6. The number of aryl methyl sites for hydroxylation is 2. The second kappa shape index (κ2) is 22.5. The number of thioether (sulfide) groups is 1. The zero-order valence-electron chi connectivity index (χ0n) is 33.5. The highest BCUT2D eigenvalue weighted by molar-refractivity contribution is 7.99. The Kier molecular flexibility index (Phi) is 17.8. The number of carbonyl (C=O) groups is 4. The third kappa shape index (κ3) is 11.6. The van der Waals surface area contributed by atoms with Crippen molar-refractivity contribution in [2.75, 3.05) is 19.5 Å². The summed E-state index contributed by atoms with van der Waals surface area (Å²) >= 11 is 1.14. The van der Waals surface area contributed by atoms with Crippen LogP contribution in [0.4, 0.5) is 0 Å². The summed E-state index contributed by atoms with van der Waals surface area (Å²) in [4.78, 5) is 51.0. The molecule has 0 aliphatic carbocycles. The molecule has 6 rings (SSSR count). The molecule has 4 heterocycles. The zero-order valence-corrected chi connectivity index (χ0v) is 35.9. The maximum absolute atomic E-state index is 13.2. The minimum atomic E-state index is -2.14. The molecule has 0 bridgehead atoms. The molecule has 2 aromatic carbocycles. The highest BCUT2D eigenvalue weighted by Crippen LogP contribution is 2.41. The molecule has 0 radical (unpaired) electrons. The number of benzene rings is 2. The Labute approximate surface area is 357 Å². The van der Waals surface area contributed by atoms with E-state index in [2.05, 4.69) is 75.1 Å². The standard InChI is InChI=1S/C21H32N.C20H20N6O9S.BrH/c1-2-3-4-5-6-7-8-9-10-13-17-22-18-16-20-14-11-12-15-21(20)19-22;1-25-19(22-23-24-25)36-8-10-7-35-18-20(34-2,17(33)26(18)13(10)16(31)32)21-14(28)12(15(29)30)9-3-5-11(27)6-4-9;/h11-12,14-16,18-19H,2-10,13,17H2,1H3;3-6,12,18,27H,7-8H2,1-2H3,(H,21,28)(H,29,30)(H,31,32);1H/q+1;;/p-1/t;12?,18-,20+;/m.1./s1. The average molecular weight is 899 g/mol. The summed E-state index contributed by atoms with van der Waals surface area (Å²) in [7, 11) is 2.71. The molecular formula is C41H52BrN7O9S. The van der Waals surface area contributed by atoms with E-state index in [-0.39, 0.29) is 51.9 Å². The van der Waals surface area contributed by atoms with E-state index in [4.69, 9.17) is 9.47 Å². The first-order chi connectivity index (χ1) is 28.0. The third-order valence-electron chi connectivity index (χ3n) is 10.2. The predicted octanol–water partition coefficient (Wildman–Crippen LogP) is 1.92. The van der Waals surface area contributed by atoms with Crippen LogP contribution in [0.3, 0.4) is 0 Å². The zero-order chi connectivity index (χ0) is 41.7. The number of unbranched alkanes of at least 4 members (excludes halogenated alkanes) is 9. The highest BCUT2D eigenvalue weighted by Gasteiger charge is 2.68. The number of phenolic OH excluding ortho intramolecular Hbond substituents is 1. The number of phenols is 1. The summed E-state index contributed by atoms with van der Waals surface area (Å²) < 4.78 is 14.7. The molecule has 2 aromatic heterocycles. The number of hydrogen-bond acceptors (Lipinski definition) is 11. The van der Waals surface area contributed by atoms with Gasteiger partial charge in [-0.2, -0.15) is 0 Å². The molecular weight excluding hydrogens is 846 g/mol. The molecule has 2 aliphatic rings. The maximum Gasteiger partial charge on any atom is 0.352 e. The summed E-state index contributed by atoms with van der Waals surface area (Å²) in [6, 6.07) is 15.8. The smallest absolute Gasteiger partial charge is 0.352 e. The van der Waals surface area contributed by atoms with E-state index in [9.17, 15) is 34.5 Å². The summed E-state index contributed by atoms with van der Waals surface area (Å²) in [5.41, 5.74) is -2.17. The number of rotatable bonds is 20. The molecule has 2 amide bonds. The van der Waals surface area contributed by atoms with E-state index < -0.39 is 41.6 Å². The Hall–Kier alpha value is -4.91. The molecule has 16 nitrogen and oxygen atoms in total. The number of carboxylic acids is 2. The number of aromatic hydroxyl groups is 1. The van der Waals surface area contributed by atoms with Gasteiger partial charge in [-0.1, -0.05) is 100 Å². The number of methoxy groups -OCH3 is 1. The predicted molar refractivity (Wildman–Crippen MR) is 213 cm³/mol. The number of tetrazole rings is 1. The van der Waals surface area contributed by atoms with Crippen molar-refractivity contribution in [3.63, 3.8) is 0 Å². The van der Waals surface area contributed by atoms with Crippen molar-refractivity contribution in [1.82, 2.24) is 30.4 Å². The average Bonchev–Trinajstić information content (AvgIpc) is 3.64. The molecule has 1 unspecified atom stereocenters. The lowest BCUT2D eigenvalue weighted by Crippen LogP contribution is -3.00. The van der Waals surface area contributed by atoms with Gasteiger partial charge < -0.3 is 47.1 Å². The number of nitrogens with zero attached hydrogens (tertiary/aromatic N) is 6. The lowest BCUT2D eigenvalue weighted by Gasteiger charge is -2.55. The van der Waals surface area contributed by atoms with Gasteiger partial charge in [-0.3, -0.25) is 19.3 Å². The van der Waals surface area contributed by atoms with Crippen LogP contribution in [0.1, 0.15) is 82.6 Å². The van der Waals surface area contributed by atoms with Crippen molar-refractivity contribution in [2.24, 2.45) is 7.05 Å². The number of fused-ring (bicyclic) bond motifs is 2. The minimum absolute atomic E-state index is 0. The van der Waals surface area contributed by atoms with Crippen LogP contribution < -0.4 is 26.9 Å². The number of pyridine rings is 1. The van der Waals surface area contributed by atoms with Crippen LogP contribution in [0.2, 0.25) is 0 Å². The molecule has 3 atom stereocenters. The lowest BCUT2D eigenvalue weighted by atomic mass is 9.92. The van der Waals surface area contributed by atoms with Gasteiger partial charge in [0, 0.05) is 37.8 Å². The molecule has 4 N–H and O–H groups in total. The van der Waals surface area contributed by atoms with E-state index in [1.54, 1.807) is 7.05 Å². The minimum Gasteiger partial charge on any atom is -1.00 e. The monoisotopic (exact) mass is 897 g/mol. The largest absolute Gasteiger partial charge is 1.00 e. The number of ether oxygens (including phenoxy) is 2. The highest BCUT2D eigenvalue weighted by atomic mass is 79.9. The number of carbonyl (C=O) groups excluding carboxylic acids is 2. The number of carboxylic acid groups (broad SMARTS) is 2. The molecule has 1 saturated heterocycles. The number of β-lactam (4-membered cyclic amide) rings is 1. The molecule has 18 heteroatoms. The quantitative estimate of drug-likeness (QED) is 0.0250. The maximum atomic E-state index is 13.2. The Morgan fingerprint density at radius 3 is 2.22 bits per heavy atom. The number of aromatic nitrogens is 5. The number of hydrogen-bond donors (Lipinski definition) is 4. The first-order valence-corrected chi connectivity index (χ1v) is 20.5. The van der Waals surface area contributed by atoms with E-state index in [0.29, 0.717) is 5.16 Å². The number of nitrogens with one attached hydrogen (secondary N) is 1. The van der Waals surface area contributed by atoms with Crippen LogP contribution in [-0.2, 0) is 42.2 Å². The Bertz CT molecular complexity index is 2080. The summed E-state index contributed by atoms with van der Waals surface area (Å²) in [5, 5.41) is 45.3. The van der Waals surface area contributed by atoms with Gasteiger partial charge in [0.25, 0.3) is 11.6 Å². The van der Waals surface area contributed by atoms with E-state index in [1.165, 1.54) is 104 Å². The van der Waals surface area contributed by atoms with Gasteiger partial charge in [-0.25, -0.2) is 14.0 Å². The molecule has 0 saturated carbocycles. The Morgan fingerprint density at radius 2 is 1.63 bits per heavy atom. The summed E-state index contributed by atoms with van der Waals surface area (Å²) in [6.07, 6.45) is 17.2. The molecule has 318 valence electrons. The van der Waals surface area contributed by atoms with Gasteiger partial charge in [0.1, 0.15) is 18.0 Å². The van der Waals surface area contributed by atoms with Gasteiger partial charge >= 0.3 is 11.9 Å². The van der Waals surface area contributed by atoms with Crippen molar-refractivity contribution in [1.29, 1.82) is 0 Å². The summed E-state index contributed by atoms with van der Waals surface area (Å²) in [6.45, 7) is 3.23.